The molecule has 0 aliphatic heterocycles. The van der Waals surface area contributed by atoms with Crippen LogP contribution in [0.15, 0.2) is 42.6 Å². The van der Waals surface area contributed by atoms with Crippen molar-refractivity contribution >= 4 is 17.4 Å². The van der Waals surface area contributed by atoms with Crippen LogP contribution < -0.4 is 15.0 Å². The van der Waals surface area contributed by atoms with Crippen molar-refractivity contribution in [2.75, 3.05) is 23.3 Å². The first-order chi connectivity index (χ1) is 11.5. The Bertz CT molecular complexity index is 665. The van der Waals surface area contributed by atoms with Crippen LogP contribution in [-0.4, -0.2) is 30.1 Å². The molecule has 0 bridgehead atoms. The number of pyridine rings is 1. The van der Waals surface area contributed by atoms with Crippen molar-refractivity contribution in [1.29, 1.82) is 0 Å². The molecule has 0 saturated carbocycles. The van der Waals surface area contributed by atoms with E-state index in [2.05, 4.69) is 29.0 Å². The molecule has 0 saturated heterocycles. The van der Waals surface area contributed by atoms with Gasteiger partial charge in [-0.25, -0.2) is 4.98 Å². The van der Waals surface area contributed by atoms with Gasteiger partial charge < -0.3 is 15.0 Å². The van der Waals surface area contributed by atoms with Crippen molar-refractivity contribution in [3.8, 4) is 5.75 Å². The zero-order valence-corrected chi connectivity index (χ0v) is 14.7. The molecule has 5 heteroatoms. The largest absolute Gasteiger partial charge is 0.489 e. The van der Waals surface area contributed by atoms with E-state index in [-0.39, 0.29) is 12.0 Å². The Hall–Kier alpha value is -2.56. The van der Waals surface area contributed by atoms with Gasteiger partial charge in [0.05, 0.1) is 17.4 Å². The van der Waals surface area contributed by atoms with Gasteiger partial charge in [0.25, 0.3) is 5.91 Å². The molecule has 0 fully saturated rings. The predicted octanol–water partition coefficient (Wildman–Crippen LogP) is 3.97. The topological polar surface area (TPSA) is 54.5 Å². The van der Waals surface area contributed by atoms with Gasteiger partial charge in [0.1, 0.15) is 11.6 Å². The van der Waals surface area contributed by atoms with E-state index < -0.39 is 0 Å². The molecule has 24 heavy (non-hydrogen) atoms. The number of anilines is 2. The highest BCUT2D eigenvalue weighted by Gasteiger charge is 2.12. The fourth-order valence-corrected chi connectivity index (χ4v) is 2.38. The summed E-state index contributed by atoms with van der Waals surface area (Å²) < 4.78 is 5.72. The minimum absolute atomic E-state index is 0.0399. The second-order valence-electron chi connectivity index (χ2n) is 5.69. The molecule has 0 atom stereocenters. The highest BCUT2D eigenvalue weighted by atomic mass is 16.5. The first-order valence-electron chi connectivity index (χ1n) is 8.33. The molecule has 2 aromatic rings. The number of para-hydroxylation sites is 2. The van der Waals surface area contributed by atoms with Crippen molar-refractivity contribution in [2.45, 2.75) is 33.8 Å². The van der Waals surface area contributed by atoms with Gasteiger partial charge in [-0.05, 0) is 52.0 Å². The first-order valence-corrected chi connectivity index (χ1v) is 8.33. The number of aromatic nitrogens is 1. The van der Waals surface area contributed by atoms with E-state index in [4.69, 9.17) is 4.74 Å². The summed E-state index contributed by atoms with van der Waals surface area (Å²) in [6.45, 7) is 9.84. The Kier molecular flexibility index (Phi) is 6.18. The maximum absolute atomic E-state index is 12.5. The van der Waals surface area contributed by atoms with E-state index in [1.165, 1.54) is 0 Å². The average molecular weight is 327 g/mol. The maximum Gasteiger partial charge on any atom is 0.257 e. The van der Waals surface area contributed by atoms with Gasteiger partial charge in [-0.3, -0.25) is 4.79 Å². The molecule has 128 valence electrons. The average Bonchev–Trinajstić information content (AvgIpc) is 2.58. The summed E-state index contributed by atoms with van der Waals surface area (Å²) in [4.78, 5) is 19.0. The highest BCUT2D eigenvalue weighted by molar-refractivity contribution is 6.04. The Morgan fingerprint density at radius 2 is 1.88 bits per heavy atom. The zero-order chi connectivity index (χ0) is 17.5. The number of benzene rings is 1. The van der Waals surface area contributed by atoms with Gasteiger partial charge >= 0.3 is 0 Å². The number of nitrogens with zero attached hydrogens (tertiary/aromatic N) is 2. The zero-order valence-electron chi connectivity index (χ0n) is 14.7. The van der Waals surface area contributed by atoms with Crippen molar-refractivity contribution in [1.82, 2.24) is 4.98 Å². The molecule has 0 spiro atoms. The minimum Gasteiger partial charge on any atom is -0.489 e. The SMILES string of the molecule is CCN(CC)c1ccc(C(=O)Nc2ccccc2OC(C)C)cn1. The molecule has 0 aliphatic rings. The van der Waals surface area contributed by atoms with E-state index in [0.29, 0.717) is 17.0 Å². The summed E-state index contributed by atoms with van der Waals surface area (Å²) in [5, 5.41) is 2.89. The number of carbonyl (C=O) groups is 1. The highest BCUT2D eigenvalue weighted by Crippen LogP contribution is 2.25. The van der Waals surface area contributed by atoms with Crippen LogP contribution in [0.5, 0.6) is 5.75 Å². The molecule has 0 unspecified atom stereocenters. The number of hydrogen-bond acceptors (Lipinski definition) is 4. The lowest BCUT2D eigenvalue weighted by Crippen LogP contribution is -2.23. The van der Waals surface area contributed by atoms with Crippen LogP contribution in [0.4, 0.5) is 11.5 Å². The number of nitrogens with one attached hydrogen (secondary N) is 1. The summed E-state index contributed by atoms with van der Waals surface area (Å²) in [7, 11) is 0. The summed E-state index contributed by atoms with van der Waals surface area (Å²) in [6.07, 6.45) is 1.65. The molecule has 1 aromatic heterocycles. The van der Waals surface area contributed by atoms with Crippen LogP contribution in [-0.2, 0) is 0 Å². The Morgan fingerprint density at radius 1 is 1.17 bits per heavy atom. The number of carbonyl (C=O) groups excluding carboxylic acids is 1. The van der Waals surface area contributed by atoms with E-state index in [9.17, 15) is 4.79 Å². The number of amides is 1. The summed E-state index contributed by atoms with van der Waals surface area (Å²) in [5.74, 6) is 1.34. The molecular weight excluding hydrogens is 302 g/mol. The number of hydrogen-bond donors (Lipinski definition) is 1. The maximum atomic E-state index is 12.5. The fourth-order valence-electron chi connectivity index (χ4n) is 2.38. The van der Waals surface area contributed by atoms with Crippen LogP contribution in [0.1, 0.15) is 38.1 Å². The summed E-state index contributed by atoms with van der Waals surface area (Å²) >= 11 is 0. The van der Waals surface area contributed by atoms with E-state index in [0.717, 1.165) is 18.9 Å². The molecule has 1 aromatic carbocycles. The van der Waals surface area contributed by atoms with Gasteiger partial charge in [-0.15, -0.1) is 0 Å². The van der Waals surface area contributed by atoms with E-state index in [1.807, 2.05) is 44.2 Å². The summed E-state index contributed by atoms with van der Waals surface area (Å²) in [5.41, 5.74) is 1.18. The lowest BCUT2D eigenvalue weighted by Gasteiger charge is -2.19. The van der Waals surface area contributed by atoms with Gasteiger partial charge in [-0.2, -0.15) is 0 Å². The van der Waals surface area contributed by atoms with Gasteiger partial charge in [0.15, 0.2) is 0 Å². The van der Waals surface area contributed by atoms with Crippen LogP contribution in [0.25, 0.3) is 0 Å². The molecule has 5 nitrogen and oxygen atoms in total. The van der Waals surface area contributed by atoms with E-state index >= 15 is 0 Å². The Morgan fingerprint density at radius 3 is 2.46 bits per heavy atom. The van der Waals surface area contributed by atoms with Gasteiger partial charge in [0.2, 0.25) is 0 Å². The number of rotatable bonds is 7. The second-order valence-corrected chi connectivity index (χ2v) is 5.69. The quantitative estimate of drug-likeness (QED) is 0.836. The predicted molar refractivity (Wildman–Crippen MR) is 98.0 cm³/mol. The van der Waals surface area contributed by atoms with Crippen LogP contribution in [0.2, 0.25) is 0 Å². The number of ether oxygens (including phenoxy) is 1. The Balaban J connectivity index is 2.13. The second kappa shape index (κ2) is 8.34. The van der Waals surface area contributed by atoms with Crippen molar-refractivity contribution < 1.29 is 9.53 Å². The van der Waals surface area contributed by atoms with Crippen LogP contribution in [0.3, 0.4) is 0 Å². The van der Waals surface area contributed by atoms with Crippen molar-refractivity contribution in [3.63, 3.8) is 0 Å². The van der Waals surface area contributed by atoms with Gasteiger partial charge in [0, 0.05) is 19.3 Å². The van der Waals surface area contributed by atoms with Crippen LogP contribution >= 0.6 is 0 Å². The molecule has 2 rings (SSSR count). The molecular formula is C19H25N3O2. The Labute approximate surface area is 143 Å². The van der Waals surface area contributed by atoms with Gasteiger partial charge in [-0.1, -0.05) is 12.1 Å². The third kappa shape index (κ3) is 4.47. The van der Waals surface area contributed by atoms with Crippen molar-refractivity contribution in [3.05, 3.63) is 48.2 Å². The smallest absolute Gasteiger partial charge is 0.257 e. The standard InChI is InChI=1S/C19H25N3O2/c1-5-22(6-2)18-12-11-15(13-20-18)19(23)21-16-9-7-8-10-17(16)24-14(3)4/h7-14H,5-6H2,1-4H3,(H,21,23). The van der Waals surface area contributed by atoms with E-state index in [1.54, 1.807) is 12.3 Å². The third-order valence-electron chi connectivity index (χ3n) is 3.60. The van der Waals surface area contributed by atoms with Crippen molar-refractivity contribution in [2.24, 2.45) is 0 Å². The monoisotopic (exact) mass is 327 g/mol. The molecule has 1 amide bonds. The first kappa shape index (κ1) is 17.8. The lowest BCUT2D eigenvalue weighted by atomic mass is 10.2. The van der Waals surface area contributed by atoms with Crippen LogP contribution in [0, 0.1) is 0 Å². The molecule has 0 aliphatic carbocycles. The molecule has 1 heterocycles. The fraction of sp³-hybridized carbons (Fsp3) is 0.368. The minimum atomic E-state index is -0.201. The molecule has 1 N–H and O–H groups in total. The molecule has 0 radical (unpaired) electrons. The lowest BCUT2D eigenvalue weighted by molar-refractivity contribution is 0.102. The summed E-state index contributed by atoms with van der Waals surface area (Å²) in [6, 6.07) is 11.1. The normalized spacial score (nSPS) is 10.5. The third-order valence-corrected chi connectivity index (χ3v) is 3.60.